The number of rotatable bonds is 4. The second kappa shape index (κ2) is 7.34. The maximum Gasteiger partial charge on any atom is 0.407 e. The lowest BCUT2D eigenvalue weighted by atomic mass is 10.2. The summed E-state index contributed by atoms with van der Waals surface area (Å²) in [6.07, 6.45) is -1.32. The number of amides is 1. The highest BCUT2D eigenvalue weighted by atomic mass is 79.9. The third-order valence-corrected chi connectivity index (χ3v) is 3.49. The van der Waals surface area contributed by atoms with E-state index in [4.69, 9.17) is 4.74 Å². The van der Waals surface area contributed by atoms with Crippen LogP contribution in [0, 0.1) is 0 Å². The number of nitrogens with one attached hydrogen (secondary N) is 1. The average Bonchev–Trinajstić information content (AvgIpc) is 2.76. The summed E-state index contributed by atoms with van der Waals surface area (Å²) in [5, 5.41) is 6.25. The zero-order valence-electron chi connectivity index (χ0n) is 13.8. The number of hydrogen-bond donors (Lipinski definition) is 1. The lowest BCUT2D eigenvalue weighted by molar-refractivity contribution is 0.0531. The van der Waals surface area contributed by atoms with Crippen LogP contribution in [0.4, 0.5) is 13.6 Å². The zero-order valence-corrected chi connectivity index (χ0v) is 15.4. The van der Waals surface area contributed by atoms with E-state index < -0.39 is 42.1 Å². The molecule has 136 valence electrons. The molecule has 10 heteroatoms. The van der Waals surface area contributed by atoms with Crippen LogP contribution in [0.25, 0.3) is 5.65 Å². The van der Waals surface area contributed by atoms with Crippen LogP contribution in [0.5, 0.6) is 0 Å². The Hall–Kier alpha value is -2.23. The third-order valence-electron chi connectivity index (χ3n) is 3.00. The van der Waals surface area contributed by atoms with Gasteiger partial charge < -0.3 is 10.1 Å². The molecule has 0 radical (unpaired) electrons. The third kappa shape index (κ3) is 5.12. The Labute approximate surface area is 150 Å². The van der Waals surface area contributed by atoms with E-state index in [0.29, 0.717) is 10.1 Å². The number of carbonyl (C=O) groups excluding carboxylic acids is 1. The number of aromatic nitrogens is 3. The molecule has 7 nitrogen and oxygen atoms in total. The van der Waals surface area contributed by atoms with Gasteiger partial charge in [-0.3, -0.25) is 4.40 Å². The van der Waals surface area contributed by atoms with Gasteiger partial charge in [-0.05, 0) is 32.9 Å². The molecule has 0 unspecified atom stereocenters. The summed E-state index contributed by atoms with van der Waals surface area (Å²) in [5.41, 5.74) is -1.42. The molecule has 2 rings (SSSR count). The predicted molar refractivity (Wildman–Crippen MR) is 90.6 cm³/mol. The Balaban J connectivity index is 2.15. The molecular weight excluding hydrogens is 402 g/mol. The Morgan fingerprint density at radius 1 is 1.40 bits per heavy atom. The molecule has 2 aromatic rings. The van der Waals surface area contributed by atoms with Crippen molar-refractivity contribution < 1.29 is 18.3 Å². The van der Waals surface area contributed by atoms with Crippen molar-refractivity contribution >= 4 is 27.7 Å². The lowest BCUT2D eigenvalue weighted by Gasteiger charge is -2.19. The van der Waals surface area contributed by atoms with Crippen LogP contribution in [0.15, 0.2) is 39.3 Å². The van der Waals surface area contributed by atoms with Crippen molar-refractivity contribution in [2.24, 2.45) is 0 Å². The van der Waals surface area contributed by atoms with Crippen molar-refractivity contribution in [3.63, 3.8) is 0 Å². The highest BCUT2D eigenvalue weighted by molar-refractivity contribution is 9.10. The van der Waals surface area contributed by atoms with Gasteiger partial charge in [-0.15, -0.1) is 5.10 Å². The van der Waals surface area contributed by atoms with E-state index in [1.54, 1.807) is 32.9 Å². The minimum atomic E-state index is -1.99. The Bertz CT molecular complexity index is 879. The maximum atomic E-state index is 13.2. The van der Waals surface area contributed by atoms with Gasteiger partial charge in [0.05, 0.1) is 6.54 Å². The SMILES string of the molecule is CC(C)(C)OC(=O)NCC(Cn1nc2cc(Br)ccn2c1=O)=C(F)F. The summed E-state index contributed by atoms with van der Waals surface area (Å²) >= 11 is 3.25. The molecule has 0 atom stereocenters. The molecule has 0 aliphatic rings. The summed E-state index contributed by atoms with van der Waals surface area (Å²) < 4.78 is 34.2. The Morgan fingerprint density at radius 3 is 2.68 bits per heavy atom. The number of alkyl carbamates (subject to hydrolysis) is 1. The molecule has 25 heavy (non-hydrogen) atoms. The second-order valence-electron chi connectivity index (χ2n) is 6.23. The fourth-order valence-corrected chi connectivity index (χ4v) is 2.27. The van der Waals surface area contributed by atoms with Gasteiger partial charge in [-0.1, -0.05) is 15.9 Å². The van der Waals surface area contributed by atoms with Crippen LogP contribution in [0.3, 0.4) is 0 Å². The van der Waals surface area contributed by atoms with Crippen LogP contribution < -0.4 is 11.0 Å². The molecule has 0 bridgehead atoms. The van der Waals surface area contributed by atoms with Crippen LogP contribution >= 0.6 is 15.9 Å². The highest BCUT2D eigenvalue weighted by Crippen LogP contribution is 2.12. The van der Waals surface area contributed by atoms with Gasteiger partial charge in [0.15, 0.2) is 5.65 Å². The molecule has 0 saturated carbocycles. The van der Waals surface area contributed by atoms with Gasteiger partial charge in [-0.2, -0.15) is 8.78 Å². The van der Waals surface area contributed by atoms with E-state index in [9.17, 15) is 18.4 Å². The van der Waals surface area contributed by atoms with Crippen LogP contribution in [-0.4, -0.2) is 32.4 Å². The molecule has 0 spiro atoms. The number of carbonyl (C=O) groups is 1. The van der Waals surface area contributed by atoms with E-state index in [0.717, 1.165) is 4.68 Å². The first-order valence-electron chi connectivity index (χ1n) is 7.31. The van der Waals surface area contributed by atoms with Crippen molar-refractivity contribution in [1.82, 2.24) is 19.5 Å². The molecule has 0 fully saturated rings. The van der Waals surface area contributed by atoms with E-state index >= 15 is 0 Å². The van der Waals surface area contributed by atoms with Gasteiger partial charge in [0.2, 0.25) is 0 Å². The summed E-state index contributed by atoms with van der Waals surface area (Å²) in [7, 11) is 0. The fourth-order valence-electron chi connectivity index (χ4n) is 1.95. The monoisotopic (exact) mass is 418 g/mol. The Kier molecular flexibility index (Phi) is 5.61. The number of ether oxygens (including phenoxy) is 1. The maximum absolute atomic E-state index is 13.2. The molecular formula is C15H17BrF2N4O3. The first kappa shape index (κ1) is 19.1. The minimum absolute atomic E-state index is 0.318. The van der Waals surface area contributed by atoms with E-state index in [1.165, 1.54) is 10.6 Å². The first-order chi connectivity index (χ1) is 11.6. The highest BCUT2D eigenvalue weighted by Gasteiger charge is 2.18. The molecule has 1 N–H and O–H groups in total. The number of nitrogens with zero attached hydrogens (tertiary/aromatic N) is 3. The molecule has 0 saturated heterocycles. The molecule has 0 aliphatic carbocycles. The number of halogens is 3. The lowest BCUT2D eigenvalue weighted by Crippen LogP contribution is -2.34. The van der Waals surface area contributed by atoms with Gasteiger partial charge in [0.25, 0.3) is 6.08 Å². The second-order valence-corrected chi connectivity index (χ2v) is 7.15. The topological polar surface area (TPSA) is 77.6 Å². The molecule has 1 amide bonds. The van der Waals surface area contributed by atoms with E-state index in [2.05, 4.69) is 26.3 Å². The van der Waals surface area contributed by atoms with Gasteiger partial charge >= 0.3 is 11.8 Å². The number of hydrogen-bond acceptors (Lipinski definition) is 4. The Morgan fingerprint density at radius 2 is 2.08 bits per heavy atom. The van der Waals surface area contributed by atoms with Crippen molar-refractivity contribution in [2.75, 3.05) is 6.54 Å². The quantitative estimate of drug-likeness (QED) is 0.827. The molecule has 2 aromatic heterocycles. The van der Waals surface area contributed by atoms with Crippen molar-refractivity contribution in [2.45, 2.75) is 32.9 Å². The van der Waals surface area contributed by atoms with Crippen molar-refractivity contribution in [1.29, 1.82) is 0 Å². The summed E-state index contributed by atoms with van der Waals surface area (Å²) in [6.45, 7) is 4.08. The number of pyridine rings is 1. The summed E-state index contributed by atoms with van der Waals surface area (Å²) in [6, 6.07) is 3.23. The molecule has 0 aliphatic heterocycles. The fraction of sp³-hybridized carbons (Fsp3) is 0.400. The predicted octanol–water partition coefficient (Wildman–Crippen LogP) is 2.93. The molecule has 0 aromatic carbocycles. The van der Waals surface area contributed by atoms with Gasteiger partial charge in [-0.25, -0.2) is 14.3 Å². The van der Waals surface area contributed by atoms with Gasteiger partial charge in [0, 0.05) is 22.8 Å². The van der Waals surface area contributed by atoms with Crippen LogP contribution in [0.2, 0.25) is 0 Å². The first-order valence-corrected chi connectivity index (χ1v) is 8.11. The normalized spacial score (nSPS) is 11.4. The van der Waals surface area contributed by atoms with Gasteiger partial charge in [0.1, 0.15) is 5.60 Å². The zero-order chi connectivity index (χ0) is 18.8. The van der Waals surface area contributed by atoms with Crippen LogP contribution in [-0.2, 0) is 11.3 Å². The summed E-state index contributed by atoms with van der Waals surface area (Å²) in [4.78, 5) is 23.8. The van der Waals surface area contributed by atoms with Crippen molar-refractivity contribution in [3.8, 4) is 0 Å². The largest absolute Gasteiger partial charge is 0.444 e. The molecule has 2 heterocycles. The standard InChI is InChI=1S/C15H17BrF2N4O3/c1-15(2,3)25-13(23)19-7-9(12(17)18)8-22-14(24)21-5-4-10(16)6-11(21)20-22/h4-6H,7-8H2,1-3H3,(H,19,23). The average molecular weight is 419 g/mol. The van der Waals surface area contributed by atoms with Crippen LogP contribution in [0.1, 0.15) is 20.8 Å². The number of fused-ring (bicyclic) bond motifs is 1. The van der Waals surface area contributed by atoms with E-state index in [1.807, 2.05) is 0 Å². The minimum Gasteiger partial charge on any atom is -0.444 e. The summed E-state index contributed by atoms with van der Waals surface area (Å²) in [5.74, 6) is 0. The smallest absolute Gasteiger partial charge is 0.407 e. The van der Waals surface area contributed by atoms with E-state index in [-0.39, 0.29) is 0 Å². The van der Waals surface area contributed by atoms with Crippen molar-refractivity contribution in [3.05, 3.63) is 44.9 Å².